The normalized spacial score (nSPS) is 24.2. The molecule has 0 fully saturated rings. The number of nitrogens with one attached hydrogen (secondary N) is 1. The molecular weight excluding hydrogens is 322 g/mol. The maximum Gasteiger partial charge on any atom is 0.160 e. The van der Waals surface area contributed by atoms with Crippen LogP contribution >= 0.6 is 11.6 Å². The first-order valence-corrected chi connectivity index (χ1v) is 8.49. The summed E-state index contributed by atoms with van der Waals surface area (Å²) in [7, 11) is 0. The third kappa shape index (κ3) is 2.31. The quantitative estimate of drug-likeness (QED) is 0.456. The van der Waals surface area contributed by atoms with Gasteiger partial charge in [-0.15, -0.1) is 0 Å². The molecule has 0 spiro atoms. The molecule has 0 amide bonds. The van der Waals surface area contributed by atoms with Crippen molar-refractivity contribution in [3.63, 3.8) is 0 Å². The van der Waals surface area contributed by atoms with Gasteiger partial charge in [-0.25, -0.2) is 0 Å². The lowest BCUT2D eigenvalue weighted by Gasteiger charge is -2.38. The van der Waals surface area contributed by atoms with Crippen molar-refractivity contribution in [1.29, 1.82) is 0 Å². The number of phenols is 1. The minimum Gasteiger partial charge on any atom is -0.506 e. The van der Waals surface area contributed by atoms with Crippen molar-refractivity contribution in [2.24, 2.45) is 5.92 Å². The van der Waals surface area contributed by atoms with Gasteiger partial charge in [0.1, 0.15) is 5.75 Å². The second kappa shape index (κ2) is 5.67. The third-order valence-electron chi connectivity index (χ3n) is 5.11. The molecule has 2 aromatic carbocycles. The number of hydrogen-bond acceptors (Lipinski definition) is 3. The van der Waals surface area contributed by atoms with Crippen molar-refractivity contribution in [2.45, 2.75) is 25.3 Å². The SMILES string of the molecule is CC(=O)c1ccc(O)c2c1[C@@H]1C=CC[C@@H]1[C@H](c1ccc(Cl)cc1)N2. The highest BCUT2D eigenvalue weighted by Crippen LogP contribution is 2.53. The summed E-state index contributed by atoms with van der Waals surface area (Å²) in [6.07, 6.45) is 5.28. The number of carbonyl (C=O) groups excluding carboxylic acids is 1. The maximum absolute atomic E-state index is 12.1. The zero-order valence-electron chi connectivity index (χ0n) is 13.3. The topological polar surface area (TPSA) is 49.3 Å². The summed E-state index contributed by atoms with van der Waals surface area (Å²) < 4.78 is 0. The van der Waals surface area contributed by atoms with E-state index in [9.17, 15) is 9.90 Å². The summed E-state index contributed by atoms with van der Waals surface area (Å²) in [6, 6.07) is 11.2. The van der Waals surface area contributed by atoms with Crippen LogP contribution in [0.25, 0.3) is 0 Å². The van der Waals surface area contributed by atoms with E-state index in [1.165, 1.54) is 0 Å². The summed E-state index contributed by atoms with van der Waals surface area (Å²) in [4.78, 5) is 12.1. The Labute approximate surface area is 146 Å². The number of halogens is 1. The van der Waals surface area contributed by atoms with Crippen LogP contribution in [0.4, 0.5) is 5.69 Å². The lowest BCUT2D eigenvalue weighted by molar-refractivity contribution is 0.101. The number of Topliss-reactive ketones (excluding diaryl/α,β-unsaturated/α-hetero) is 1. The Kier molecular flexibility index (Phi) is 3.61. The Bertz CT molecular complexity index is 841. The molecule has 0 bridgehead atoms. The van der Waals surface area contributed by atoms with Gasteiger partial charge in [-0.05, 0) is 54.7 Å². The van der Waals surface area contributed by atoms with E-state index >= 15 is 0 Å². The highest BCUT2D eigenvalue weighted by molar-refractivity contribution is 6.30. The Morgan fingerprint density at radius 2 is 1.96 bits per heavy atom. The molecule has 0 saturated carbocycles. The summed E-state index contributed by atoms with van der Waals surface area (Å²) in [5.41, 5.74) is 3.42. The minimum absolute atomic E-state index is 0.0250. The molecule has 1 heterocycles. The van der Waals surface area contributed by atoms with Gasteiger partial charge in [0.25, 0.3) is 0 Å². The maximum atomic E-state index is 12.1. The van der Waals surface area contributed by atoms with Crippen molar-refractivity contribution in [3.8, 4) is 5.75 Å². The highest BCUT2D eigenvalue weighted by Gasteiger charge is 2.40. The van der Waals surface area contributed by atoms with Crippen LogP contribution in [-0.2, 0) is 0 Å². The molecule has 2 aliphatic rings. The van der Waals surface area contributed by atoms with E-state index < -0.39 is 0 Å². The van der Waals surface area contributed by atoms with Crippen LogP contribution < -0.4 is 5.32 Å². The molecule has 0 aromatic heterocycles. The number of phenolic OH excluding ortho intramolecular Hbond substituents is 1. The van der Waals surface area contributed by atoms with Crippen molar-refractivity contribution >= 4 is 23.1 Å². The first kappa shape index (κ1) is 15.3. The number of hydrogen-bond donors (Lipinski definition) is 2. The monoisotopic (exact) mass is 339 g/mol. The molecule has 24 heavy (non-hydrogen) atoms. The van der Waals surface area contributed by atoms with Crippen LogP contribution in [0.1, 0.15) is 46.8 Å². The molecule has 0 radical (unpaired) electrons. The van der Waals surface area contributed by atoms with Gasteiger partial charge >= 0.3 is 0 Å². The van der Waals surface area contributed by atoms with Gasteiger partial charge in [-0.3, -0.25) is 4.79 Å². The third-order valence-corrected chi connectivity index (χ3v) is 5.36. The van der Waals surface area contributed by atoms with E-state index in [4.69, 9.17) is 11.6 Å². The predicted octanol–water partition coefficient (Wildman–Crippen LogP) is 5.07. The van der Waals surface area contributed by atoms with Crippen LogP contribution in [-0.4, -0.2) is 10.9 Å². The lowest BCUT2D eigenvalue weighted by Crippen LogP contribution is -2.30. The van der Waals surface area contributed by atoms with Crippen molar-refractivity contribution in [3.05, 3.63) is 70.3 Å². The van der Waals surface area contributed by atoms with Gasteiger partial charge < -0.3 is 10.4 Å². The Balaban J connectivity index is 1.86. The van der Waals surface area contributed by atoms with Crippen LogP contribution in [0.5, 0.6) is 5.75 Å². The molecule has 3 atom stereocenters. The molecule has 122 valence electrons. The molecule has 1 aliphatic heterocycles. The van der Waals surface area contributed by atoms with Crippen molar-refractivity contribution in [1.82, 2.24) is 0 Å². The van der Waals surface area contributed by atoms with E-state index in [-0.39, 0.29) is 23.5 Å². The van der Waals surface area contributed by atoms with E-state index in [1.807, 2.05) is 24.3 Å². The van der Waals surface area contributed by atoms with Crippen molar-refractivity contribution in [2.75, 3.05) is 5.32 Å². The number of rotatable bonds is 2. The standard InChI is InChI=1S/C20H18ClNO2/c1-11(23)14-9-10-17(24)20-18(14)15-3-2-4-16(15)19(22-20)12-5-7-13(21)8-6-12/h2-3,5-10,15-16,19,22,24H,4H2,1H3/t15-,16+,19+/m1/s1. The molecule has 1 aliphatic carbocycles. The van der Waals surface area contributed by atoms with Crippen LogP contribution in [0.15, 0.2) is 48.6 Å². The van der Waals surface area contributed by atoms with E-state index in [0.29, 0.717) is 22.2 Å². The average Bonchev–Trinajstić information content (AvgIpc) is 3.05. The number of aromatic hydroxyl groups is 1. The number of anilines is 1. The van der Waals surface area contributed by atoms with Gasteiger partial charge in [0.05, 0.1) is 11.7 Å². The van der Waals surface area contributed by atoms with Crippen LogP contribution in [0.2, 0.25) is 5.02 Å². The second-order valence-electron chi connectivity index (χ2n) is 6.50. The minimum atomic E-state index is 0.0250. The van der Waals surface area contributed by atoms with Gasteiger partial charge in [-0.1, -0.05) is 35.9 Å². The summed E-state index contributed by atoms with van der Waals surface area (Å²) in [6.45, 7) is 1.58. The fourth-order valence-electron chi connectivity index (χ4n) is 4.00. The van der Waals surface area contributed by atoms with E-state index in [0.717, 1.165) is 17.5 Å². The fraction of sp³-hybridized carbons (Fsp3) is 0.250. The molecule has 2 N–H and O–H groups in total. The Morgan fingerprint density at radius 1 is 1.21 bits per heavy atom. The lowest BCUT2D eigenvalue weighted by atomic mass is 9.75. The Hall–Kier alpha value is -2.26. The average molecular weight is 340 g/mol. The van der Waals surface area contributed by atoms with Gasteiger partial charge in [-0.2, -0.15) is 0 Å². The zero-order valence-corrected chi connectivity index (χ0v) is 14.0. The van der Waals surface area contributed by atoms with Crippen LogP contribution in [0, 0.1) is 5.92 Å². The van der Waals surface area contributed by atoms with Gasteiger partial charge in [0.15, 0.2) is 5.78 Å². The summed E-state index contributed by atoms with van der Waals surface area (Å²) in [5, 5.41) is 14.6. The molecule has 0 unspecified atom stereocenters. The fourth-order valence-corrected chi connectivity index (χ4v) is 4.13. The smallest absolute Gasteiger partial charge is 0.160 e. The van der Waals surface area contributed by atoms with E-state index in [1.54, 1.807) is 19.1 Å². The number of ketones is 1. The first-order chi connectivity index (χ1) is 11.6. The van der Waals surface area contributed by atoms with E-state index in [2.05, 4.69) is 17.5 Å². The zero-order chi connectivity index (χ0) is 16.8. The number of benzene rings is 2. The number of carbonyl (C=O) groups is 1. The molecule has 3 nitrogen and oxygen atoms in total. The molecular formula is C20H18ClNO2. The van der Waals surface area contributed by atoms with Crippen LogP contribution in [0.3, 0.4) is 0 Å². The molecule has 4 heteroatoms. The molecule has 4 rings (SSSR count). The summed E-state index contributed by atoms with van der Waals surface area (Å²) >= 11 is 6.01. The predicted molar refractivity (Wildman–Crippen MR) is 95.9 cm³/mol. The van der Waals surface area contributed by atoms with Gasteiger partial charge in [0, 0.05) is 16.5 Å². The van der Waals surface area contributed by atoms with Crippen molar-refractivity contribution < 1.29 is 9.90 Å². The first-order valence-electron chi connectivity index (χ1n) is 8.11. The number of allylic oxidation sites excluding steroid dienone is 2. The number of fused-ring (bicyclic) bond motifs is 3. The summed E-state index contributed by atoms with van der Waals surface area (Å²) in [5.74, 6) is 0.663. The Morgan fingerprint density at radius 3 is 2.67 bits per heavy atom. The molecule has 0 saturated heterocycles. The molecule has 2 aromatic rings. The second-order valence-corrected chi connectivity index (χ2v) is 6.94. The van der Waals surface area contributed by atoms with Gasteiger partial charge in [0.2, 0.25) is 0 Å². The highest BCUT2D eigenvalue weighted by atomic mass is 35.5. The largest absolute Gasteiger partial charge is 0.506 e.